The standard InChI is InChI=1S/C29H30N2O6/c1-33-22-12-10-18(16-25(22)35-3)15-19-7-5-8-21-27(19)30-31(29(32)24-9-6-14-37-24)28(21)20-11-13-23(34-2)26(17-20)36-4/h6,9-17,28,30H,5,7-8H2,1-4H3/b19-15+/t28-/m1/s1. The first-order valence-electron chi connectivity index (χ1n) is 12.1. The lowest BCUT2D eigenvalue weighted by Gasteiger charge is -2.26. The van der Waals surface area contributed by atoms with Crippen molar-refractivity contribution in [2.24, 2.45) is 0 Å². The van der Waals surface area contributed by atoms with Gasteiger partial charge in [0.25, 0.3) is 0 Å². The van der Waals surface area contributed by atoms with E-state index < -0.39 is 0 Å². The smallest absolute Gasteiger partial charge is 0.308 e. The number of ether oxygens (including phenoxy) is 4. The SMILES string of the molecule is COc1ccc(/C=C2\CCCC3=C2NN(C(=O)c2ccco2)[C@@H]3c2ccc(OC)c(OC)c2)cc1OC. The third kappa shape index (κ3) is 4.50. The van der Waals surface area contributed by atoms with Gasteiger partial charge in [0.1, 0.15) is 6.04 Å². The summed E-state index contributed by atoms with van der Waals surface area (Å²) in [5.74, 6) is 2.60. The molecule has 0 saturated carbocycles. The minimum Gasteiger partial charge on any atom is -0.493 e. The van der Waals surface area contributed by atoms with Crippen molar-refractivity contribution in [3.8, 4) is 23.0 Å². The third-order valence-electron chi connectivity index (χ3n) is 6.78. The van der Waals surface area contributed by atoms with Gasteiger partial charge in [0.05, 0.1) is 40.4 Å². The Morgan fingerprint density at radius 1 is 0.919 bits per heavy atom. The maximum Gasteiger partial charge on any atom is 0.308 e. The summed E-state index contributed by atoms with van der Waals surface area (Å²) in [4.78, 5) is 13.6. The Morgan fingerprint density at radius 2 is 1.62 bits per heavy atom. The van der Waals surface area contributed by atoms with Crippen LogP contribution in [0.5, 0.6) is 23.0 Å². The van der Waals surface area contributed by atoms with Crippen LogP contribution in [0.4, 0.5) is 0 Å². The van der Waals surface area contributed by atoms with Gasteiger partial charge in [0, 0.05) is 0 Å². The van der Waals surface area contributed by atoms with Crippen molar-refractivity contribution in [3.63, 3.8) is 0 Å². The third-order valence-corrected chi connectivity index (χ3v) is 6.78. The fourth-order valence-electron chi connectivity index (χ4n) is 5.03. The molecule has 192 valence electrons. The average Bonchev–Trinajstić information content (AvgIpc) is 3.61. The first-order valence-corrected chi connectivity index (χ1v) is 12.1. The predicted molar refractivity (Wildman–Crippen MR) is 139 cm³/mol. The molecule has 0 fully saturated rings. The number of carbonyl (C=O) groups is 1. The highest BCUT2D eigenvalue weighted by atomic mass is 16.5. The van der Waals surface area contributed by atoms with E-state index >= 15 is 0 Å². The van der Waals surface area contributed by atoms with Crippen LogP contribution in [0.3, 0.4) is 0 Å². The first-order chi connectivity index (χ1) is 18.1. The number of hydrogen-bond acceptors (Lipinski definition) is 7. The van der Waals surface area contributed by atoms with Gasteiger partial charge < -0.3 is 23.4 Å². The van der Waals surface area contributed by atoms with E-state index in [2.05, 4.69) is 11.5 Å². The number of furan rings is 1. The number of hydrazine groups is 1. The molecule has 37 heavy (non-hydrogen) atoms. The second-order valence-electron chi connectivity index (χ2n) is 8.82. The summed E-state index contributed by atoms with van der Waals surface area (Å²) in [6.07, 6.45) is 6.33. The highest BCUT2D eigenvalue weighted by Gasteiger charge is 2.40. The topological polar surface area (TPSA) is 82.4 Å². The lowest BCUT2D eigenvalue weighted by Crippen LogP contribution is -2.40. The predicted octanol–water partition coefficient (Wildman–Crippen LogP) is 5.54. The molecule has 8 heteroatoms. The van der Waals surface area contributed by atoms with E-state index in [0.717, 1.165) is 47.2 Å². The van der Waals surface area contributed by atoms with E-state index in [1.54, 1.807) is 45.6 Å². The van der Waals surface area contributed by atoms with E-state index in [9.17, 15) is 4.79 Å². The molecule has 0 bridgehead atoms. The number of nitrogens with zero attached hydrogens (tertiary/aromatic N) is 1. The van der Waals surface area contributed by atoms with Gasteiger partial charge in [-0.05, 0) is 84.0 Å². The number of methoxy groups -OCH3 is 4. The van der Waals surface area contributed by atoms with Crippen LogP contribution in [0, 0.1) is 0 Å². The Labute approximate surface area is 216 Å². The molecule has 0 unspecified atom stereocenters. The molecule has 0 saturated heterocycles. The van der Waals surface area contributed by atoms with Crippen LogP contribution < -0.4 is 24.4 Å². The number of allylic oxidation sites excluding steroid dienone is 1. The van der Waals surface area contributed by atoms with E-state index in [-0.39, 0.29) is 17.7 Å². The highest BCUT2D eigenvalue weighted by molar-refractivity contribution is 5.92. The van der Waals surface area contributed by atoms with Crippen LogP contribution in [-0.2, 0) is 0 Å². The summed E-state index contributed by atoms with van der Waals surface area (Å²) in [5.41, 5.74) is 8.55. The first kappa shape index (κ1) is 24.4. The number of carbonyl (C=O) groups excluding carboxylic acids is 1. The molecule has 1 aromatic heterocycles. The zero-order valence-electron chi connectivity index (χ0n) is 21.4. The van der Waals surface area contributed by atoms with Crippen molar-refractivity contribution >= 4 is 12.0 Å². The molecular formula is C29H30N2O6. The van der Waals surface area contributed by atoms with Crippen LogP contribution in [0.25, 0.3) is 6.08 Å². The summed E-state index contributed by atoms with van der Waals surface area (Å²) in [6, 6.07) is 14.7. The van der Waals surface area contributed by atoms with Crippen molar-refractivity contribution in [1.29, 1.82) is 0 Å². The molecule has 1 amide bonds. The van der Waals surface area contributed by atoms with Gasteiger partial charge in [0.2, 0.25) is 0 Å². The van der Waals surface area contributed by atoms with Crippen molar-refractivity contribution in [1.82, 2.24) is 10.4 Å². The van der Waals surface area contributed by atoms with Gasteiger partial charge in [-0.3, -0.25) is 10.2 Å². The second-order valence-corrected chi connectivity index (χ2v) is 8.82. The minimum absolute atomic E-state index is 0.246. The number of nitrogens with one attached hydrogen (secondary N) is 1. The molecule has 1 aliphatic carbocycles. The molecule has 1 aliphatic heterocycles. The highest BCUT2D eigenvalue weighted by Crippen LogP contribution is 2.46. The maximum absolute atomic E-state index is 13.6. The summed E-state index contributed by atoms with van der Waals surface area (Å²) >= 11 is 0. The number of benzene rings is 2. The lowest BCUT2D eigenvalue weighted by atomic mass is 9.85. The van der Waals surface area contributed by atoms with Crippen molar-refractivity contribution in [2.75, 3.05) is 28.4 Å². The van der Waals surface area contributed by atoms with Gasteiger partial charge in [-0.1, -0.05) is 12.1 Å². The average molecular weight is 503 g/mol. The molecule has 1 N–H and O–H groups in total. The van der Waals surface area contributed by atoms with Crippen LogP contribution >= 0.6 is 0 Å². The van der Waals surface area contributed by atoms with Gasteiger partial charge in [0.15, 0.2) is 28.8 Å². The number of hydrogen-bond donors (Lipinski definition) is 1. The second kappa shape index (κ2) is 10.3. The number of rotatable bonds is 7. The molecule has 2 aliphatic rings. The van der Waals surface area contributed by atoms with Gasteiger partial charge in [-0.25, -0.2) is 5.01 Å². The zero-order valence-corrected chi connectivity index (χ0v) is 21.4. The fraction of sp³-hybridized carbons (Fsp3) is 0.276. The van der Waals surface area contributed by atoms with Gasteiger partial charge in [-0.15, -0.1) is 0 Å². The lowest BCUT2D eigenvalue weighted by molar-refractivity contribution is 0.0623. The fourth-order valence-corrected chi connectivity index (χ4v) is 5.03. The van der Waals surface area contributed by atoms with Gasteiger partial charge in [-0.2, -0.15) is 0 Å². The molecule has 2 aromatic carbocycles. The molecule has 5 rings (SSSR count). The normalized spacial score (nSPS) is 17.9. The van der Waals surface area contributed by atoms with E-state index in [4.69, 9.17) is 23.4 Å². The van der Waals surface area contributed by atoms with Crippen molar-refractivity contribution in [3.05, 3.63) is 88.5 Å². The van der Waals surface area contributed by atoms with E-state index in [0.29, 0.717) is 23.0 Å². The molecular weight excluding hydrogens is 472 g/mol. The molecule has 8 nitrogen and oxygen atoms in total. The van der Waals surface area contributed by atoms with Crippen LogP contribution in [0.1, 0.15) is 47.0 Å². The molecule has 0 spiro atoms. The van der Waals surface area contributed by atoms with Crippen LogP contribution in [0.2, 0.25) is 0 Å². The minimum atomic E-state index is -0.332. The summed E-state index contributed by atoms with van der Waals surface area (Å²) in [7, 11) is 6.46. The summed E-state index contributed by atoms with van der Waals surface area (Å²) in [5, 5.41) is 1.65. The molecule has 1 atom stereocenters. The summed E-state index contributed by atoms with van der Waals surface area (Å²) < 4.78 is 27.3. The Morgan fingerprint density at radius 3 is 2.30 bits per heavy atom. The van der Waals surface area contributed by atoms with E-state index in [1.165, 1.54) is 6.26 Å². The number of amides is 1. The van der Waals surface area contributed by atoms with E-state index in [1.807, 2.05) is 36.4 Å². The Balaban J connectivity index is 1.59. The summed E-state index contributed by atoms with van der Waals surface area (Å²) in [6.45, 7) is 0. The molecule has 3 aromatic rings. The Bertz CT molecular complexity index is 1360. The largest absolute Gasteiger partial charge is 0.493 e. The monoisotopic (exact) mass is 502 g/mol. The van der Waals surface area contributed by atoms with Crippen molar-refractivity contribution in [2.45, 2.75) is 25.3 Å². The maximum atomic E-state index is 13.6. The van der Waals surface area contributed by atoms with Crippen molar-refractivity contribution < 1.29 is 28.2 Å². The zero-order chi connectivity index (χ0) is 25.9. The quantitative estimate of drug-likeness (QED) is 0.454. The van der Waals surface area contributed by atoms with Gasteiger partial charge >= 0.3 is 5.91 Å². The Kier molecular flexibility index (Phi) is 6.81. The van der Waals surface area contributed by atoms with Crippen LogP contribution in [-0.4, -0.2) is 39.4 Å². The van der Waals surface area contributed by atoms with Crippen LogP contribution in [0.15, 0.2) is 76.1 Å². The molecule has 0 radical (unpaired) electrons. The molecule has 2 heterocycles. The Hall–Kier alpha value is -4.33.